The highest BCUT2D eigenvalue weighted by Gasteiger charge is 2.18. The molecule has 1 aromatic heterocycles. The van der Waals surface area contributed by atoms with Gasteiger partial charge >= 0.3 is 0 Å². The van der Waals surface area contributed by atoms with Crippen molar-refractivity contribution in [2.24, 2.45) is 0 Å². The maximum atomic E-state index is 5.16. The number of aromatic nitrogens is 1. The SMILES string of the molecule is Cc1noc(C)c1N1CCCCC1. The lowest BCUT2D eigenvalue weighted by Gasteiger charge is -2.28. The summed E-state index contributed by atoms with van der Waals surface area (Å²) in [5.41, 5.74) is 2.25. The molecule has 0 aromatic carbocycles. The van der Waals surface area contributed by atoms with E-state index in [4.69, 9.17) is 4.52 Å². The first-order valence-corrected chi connectivity index (χ1v) is 4.97. The Morgan fingerprint density at radius 1 is 1.15 bits per heavy atom. The molecule has 1 fully saturated rings. The zero-order valence-corrected chi connectivity index (χ0v) is 8.34. The highest BCUT2D eigenvalue weighted by atomic mass is 16.5. The van der Waals surface area contributed by atoms with Crippen LogP contribution >= 0.6 is 0 Å². The van der Waals surface area contributed by atoms with E-state index < -0.39 is 0 Å². The Labute approximate surface area is 78.7 Å². The van der Waals surface area contributed by atoms with Gasteiger partial charge in [-0.05, 0) is 33.1 Å². The van der Waals surface area contributed by atoms with Gasteiger partial charge in [-0.3, -0.25) is 0 Å². The van der Waals surface area contributed by atoms with Crippen LogP contribution in [0, 0.1) is 13.8 Å². The molecule has 0 N–H and O–H groups in total. The van der Waals surface area contributed by atoms with Crippen molar-refractivity contribution in [1.29, 1.82) is 0 Å². The Morgan fingerprint density at radius 3 is 2.38 bits per heavy atom. The molecule has 1 aliphatic heterocycles. The Kier molecular flexibility index (Phi) is 2.25. The van der Waals surface area contributed by atoms with Crippen LogP contribution in [0.3, 0.4) is 0 Å². The zero-order valence-electron chi connectivity index (χ0n) is 8.34. The van der Waals surface area contributed by atoms with Gasteiger partial charge in [0.15, 0.2) is 5.76 Å². The van der Waals surface area contributed by atoms with Gasteiger partial charge in [-0.1, -0.05) is 5.16 Å². The molecule has 72 valence electrons. The highest BCUT2D eigenvalue weighted by molar-refractivity contribution is 5.52. The second-order valence-corrected chi connectivity index (χ2v) is 3.72. The monoisotopic (exact) mass is 180 g/mol. The molecule has 0 atom stereocenters. The Morgan fingerprint density at radius 2 is 1.85 bits per heavy atom. The van der Waals surface area contributed by atoms with Crippen molar-refractivity contribution in [2.75, 3.05) is 18.0 Å². The van der Waals surface area contributed by atoms with Gasteiger partial charge in [0.05, 0.1) is 0 Å². The normalized spacial score (nSPS) is 17.8. The average Bonchev–Trinajstić information content (AvgIpc) is 2.48. The first-order valence-electron chi connectivity index (χ1n) is 4.97. The Balaban J connectivity index is 2.22. The summed E-state index contributed by atoms with van der Waals surface area (Å²) in [5, 5.41) is 3.97. The molecule has 0 amide bonds. The molecule has 2 heterocycles. The van der Waals surface area contributed by atoms with E-state index in [9.17, 15) is 0 Å². The van der Waals surface area contributed by atoms with Gasteiger partial charge in [0, 0.05) is 13.1 Å². The number of anilines is 1. The van der Waals surface area contributed by atoms with Crippen molar-refractivity contribution < 1.29 is 4.52 Å². The molecule has 2 rings (SSSR count). The summed E-state index contributed by atoms with van der Waals surface area (Å²) in [6.07, 6.45) is 3.95. The fourth-order valence-corrected chi connectivity index (χ4v) is 2.05. The molecule has 3 heteroatoms. The maximum Gasteiger partial charge on any atom is 0.157 e. The van der Waals surface area contributed by atoms with Gasteiger partial charge in [-0.2, -0.15) is 0 Å². The first kappa shape index (κ1) is 8.60. The lowest BCUT2D eigenvalue weighted by molar-refractivity contribution is 0.393. The number of hydrogen-bond donors (Lipinski definition) is 0. The highest BCUT2D eigenvalue weighted by Crippen LogP contribution is 2.26. The van der Waals surface area contributed by atoms with Crippen LogP contribution in [0.5, 0.6) is 0 Å². The molecule has 0 bridgehead atoms. The smallest absolute Gasteiger partial charge is 0.157 e. The third kappa shape index (κ3) is 1.55. The van der Waals surface area contributed by atoms with Crippen molar-refractivity contribution in [3.05, 3.63) is 11.5 Å². The van der Waals surface area contributed by atoms with Gasteiger partial charge in [0.2, 0.25) is 0 Å². The minimum Gasteiger partial charge on any atom is -0.367 e. The van der Waals surface area contributed by atoms with Crippen LogP contribution < -0.4 is 4.90 Å². The lowest BCUT2D eigenvalue weighted by Crippen LogP contribution is -2.30. The van der Waals surface area contributed by atoms with Crippen LogP contribution in [-0.4, -0.2) is 18.2 Å². The van der Waals surface area contributed by atoms with E-state index in [-0.39, 0.29) is 0 Å². The van der Waals surface area contributed by atoms with Gasteiger partial charge < -0.3 is 9.42 Å². The third-order valence-electron chi connectivity index (χ3n) is 2.67. The van der Waals surface area contributed by atoms with Crippen LogP contribution in [-0.2, 0) is 0 Å². The summed E-state index contributed by atoms with van der Waals surface area (Å²) in [4.78, 5) is 2.39. The molecule has 0 spiro atoms. The third-order valence-corrected chi connectivity index (χ3v) is 2.67. The summed E-state index contributed by atoms with van der Waals surface area (Å²) in [6, 6.07) is 0. The van der Waals surface area contributed by atoms with Crippen molar-refractivity contribution in [1.82, 2.24) is 5.16 Å². The van der Waals surface area contributed by atoms with E-state index in [1.807, 2.05) is 13.8 Å². The van der Waals surface area contributed by atoms with Crippen molar-refractivity contribution in [2.45, 2.75) is 33.1 Å². The molecule has 0 aliphatic carbocycles. The molecular weight excluding hydrogens is 164 g/mol. The summed E-state index contributed by atoms with van der Waals surface area (Å²) < 4.78 is 5.16. The summed E-state index contributed by atoms with van der Waals surface area (Å²) in [6.45, 7) is 6.32. The number of piperidine rings is 1. The number of aryl methyl sites for hydroxylation is 2. The van der Waals surface area contributed by atoms with E-state index in [0.29, 0.717) is 0 Å². The predicted octanol–water partition coefficient (Wildman–Crippen LogP) is 2.28. The summed E-state index contributed by atoms with van der Waals surface area (Å²) in [5.74, 6) is 0.958. The second-order valence-electron chi connectivity index (χ2n) is 3.72. The molecule has 0 saturated carbocycles. The molecule has 1 saturated heterocycles. The fraction of sp³-hybridized carbons (Fsp3) is 0.700. The van der Waals surface area contributed by atoms with E-state index >= 15 is 0 Å². The number of nitrogens with zero attached hydrogens (tertiary/aromatic N) is 2. The van der Waals surface area contributed by atoms with Gasteiger partial charge in [0.1, 0.15) is 11.4 Å². The molecule has 1 aliphatic rings. The average molecular weight is 180 g/mol. The molecule has 0 unspecified atom stereocenters. The van der Waals surface area contributed by atoms with Gasteiger partial charge in [-0.15, -0.1) is 0 Å². The molecule has 3 nitrogen and oxygen atoms in total. The van der Waals surface area contributed by atoms with Crippen LogP contribution in [0.2, 0.25) is 0 Å². The molecule has 1 aromatic rings. The largest absolute Gasteiger partial charge is 0.367 e. The number of hydrogen-bond acceptors (Lipinski definition) is 3. The van der Waals surface area contributed by atoms with E-state index in [1.54, 1.807) is 0 Å². The van der Waals surface area contributed by atoms with Crippen molar-refractivity contribution in [3.63, 3.8) is 0 Å². The van der Waals surface area contributed by atoms with Gasteiger partial charge in [0.25, 0.3) is 0 Å². The topological polar surface area (TPSA) is 29.3 Å². The van der Waals surface area contributed by atoms with Crippen LogP contribution in [0.25, 0.3) is 0 Å². The maximum absolute atomic E-state index is 5.16. The van der Waals surface area contributed by atoms with Crippen LogP contribution in [0.1, 0.15) is 30.7 Å². The minimum atomic E-state index is 0.958. The first-order chi connectivity index (χ1) is 6.29. The molecular formula is C10H16N2O. The fourth-order valence-electron chi connectivity index (χ4n) is 2.05. The quantitative estimate of drug-likeness (QED) is 0.664. The summed E-state index contributed by atoms with van der Waals surface area (Å²) >= 11 is 0. The minimum absolute atomic E-state index is 0.958. The van der Waals surface area contributed by atoms with Gasteiger partial charge in [-0.25, -0.2) is 0 Å². The van der Waals surface area contributed by atoms with Crippen LogP contribution in [0.15, 0.2) is 4.52 Å². The second kappa shape index (κ2) is 3.40. The van der Waals surface area contributed by atoms with E-state index in [0.717, 1.165) is 24.5 Å². The van der Waals surface area contributed by atoms with E-state index in [2.05, 4.69) is 10.1 Å². The van der Waals surface area contributed by atoms with Crippen LogP contribution in [0.4, 0.5) is 5.69 Å². The van der Waals surface area contributed by atoms with E-state index in [1.165, 1.54) is 24.9 Å². The lowest BCUT2D eigenvalue weighted by atomic mass is 10.1. The molecule has 0 radical (unpaired) electrons. The Hall–Kier alpha value is -0.990. The predicted molar refractivity (Wildman–Crippen MR) is 52.0 cm³/mol. The van der Waals surface area contributed by atoms with Crippen molar-refractivity contribution >= 4 is 5.69 Å². The standard InChI is InChI=1S/C10H16N2O/c1-8-10(9(2)13-11-8)12-6-4-3-5-7-12/h3-7H2,1-2H3. The zero-order chi connectivity index (χ0) is 9.26. The van der Waals surface area contributed by atoms with Crippen molar-refractivity contribution in [3.8, 4) is 0 Å². The molecule has 13 heavy (non-hydrogen) atoms. The number of rotatable bonds is 1. The summed E-state index contributed by atoms with van der Waals surface area (Å²) in [7, 11) is 0. The Bertz CT molecular complexity index is 268.